The minimum atomic E-state index is -0.530. The predicted octanol–water partition coefficient (Wildman–Crippen LogP) is -0.438. The zero-order chi connectivity index (χ0) is 5.70. The highest BCUT2D eigenvalue weighted by Gasteiger charge is 1.83. The summed E-state index contributed by atoms with van der Waals surface area (Å²) in [5.74, 6) is 0. The molecule has 1 unspecified atom stereocenters. The Bertz CT molecular complexity index is 53.7. The zero-order valence-corrected chi connectivity index (χ0v) is 4.31. The van der Waals surface area contributed by atoms with Crippen molar-refractivity contribution >= 4 is 0 Å². The van der Waals surface area contributed by atoms with Crippen LogP contribution < -0.4 is 10.9 Å². The predicted molar refractivity (Wildman–Crippen MR) is 28.1 cm³/mol. The van der Waals surface area contributed by atoms with Crippen molar-refractivity contribution in [2.45, 2.75) is 13.2 Å². The van der Waals surface area contributed by atoms with Gasteiger partial charge in [0.1, 0.15) is 6.23 Å². The molecular formula is C4H10N2O. The third kappa shape index (κ3) is 5.46. The second-order valence-electron chi connectivity index (χ2n) is 1.17. The van der Waals surface area contributed by atoms with Crippen molar-refractivity contribution in [2.75, 3.05) is 0 Å². The van der Waals surface area contributed by atoms with Crippen LogP contribution in [0.25, 0.3) is 0 Å². The Labute approximate surface area is 43.0 Å². The third-order valence-corrected chi connectivity index (χ3v) is 0.394. The van der Waals surface area contributed by atoms with Crippen molar-refractivity contribution in [2.24, 2.45) is 0 Å². The Morgan fingerprint density at radius 3 is 2.57 bits per heavy atom. The van der Waals surface area contributed by atoms with E-state index in [0.717, 1.165) is 0 Å². The van der Waals surface area contributed by atoms with Crippen LogP contribution >= 0.6 is 0 Å². The first-order chi connectivity index (χ1) is 3.27. The molecule has 0 aliphatic heterocycles. The van der Waals surface area contributed by atoms with Gasteiger partial charge in [-0.25, -0.2) is 5.43 Å². The number of rotatable bonds is 3. The van der Waals surface area contributed by atoms with Gasteiger partial charge < -0.3 is 10.5 Å². The van der Waals surface area contributed by atoms with Crippen molar-refractivity contribution in [3.05, 3.63) is 12.8 Å². The fraction of sp³-hybridized carbons (Fsp3) is 0.500. The molecule has 7 heavy (non-hydrogen) atoms. The van der Waals surface area contributed by atoms with Crippen molar-refractivity contribution < 1.29 is 5.11 Å². The zero-order valence-electron chi connectivity index (χ0n) is 4.31. The van der Waals surface area contributed by atoms with Crippen LogP contribution in [0.1, 0.15) is 6.92 Å². The lowest BCUT2D eigenvalue weighted by Crippen LogP contribution is -2.34. The summed E-state index contributed by atoms with van der Waals surface area (Å²) in [4.78, 5) is 0. The topological polar surface area (TPSA) is 44.3 Å². The van der Waals surface area contributed by atoms with E-state index in [1.807, 2.05) is 0 Å². The van der Waals surface area contributed by atoms with Gasteiger partial charge in [0.2, 0.25) is 0 Å². The molecule has 0 spiro atoms. The summed E-state index contributed by atoms with van der Waals surface area (Å²) in [5.41, 5.74) is 4.99. The summed E-state index contributed by atoms with van der Waals surface area (Å²) in [6, 6.07) is 0. The number of hydrazine groups is 1. The van der Waals surface area contributed by atoms with E-state index in [0.29, 0.717) is 0 Å². The van der Waals surface area contributed by atoms with Crippen LogP contribution in [0.5, 0.6) is 0 Å². The van der Waals surface area contributed by atoms with E-state index < -0.39 is 6.23 Å². The van der Waals surface area contributed by atoms with Gasteiger partial charge in [-0.05, 0) is 6.92 Å². The highest BCUT2D eigenvalue weighted by Crippen LogP contribution is 1.62. The molecule has 0 bridgehead atoms. The number of hydrogen-bond donors (Lipinski definition) is 3. The van der Waals surface area contributed by atoms with Crippen molar-refractivity contribution in [1.29, 1.82) is 0 Å². The minimum Gasteiger partial charge on any atom is -0.377 e. The van der Waals surface area contributed by atoms with Gasteiger partial charge >= 0.3 is 0 Å². The first kappa shape index (κ1) is 6.46. The van der Waals surface area contributed by atoms with E-state index in [4.69, 9.17) is 5.11 Å². The molecule has 3 heteroatoms. The molecule has 42 valence electrons. The lowest BCUT2D eigenvalue weighted by Gasteiger charge is -2.03. The van der Waals surface area contributed by atoms with E-state index in [-0.39, 0.29) is 0 Å². The van der Waals surface area contributed by atoms with Crippen LogP contribution in [-0.4, -0.2) is 11.3 Å². The van der Waals surface area contributed by atoms with Gasteiger partial charge in [-0.15, -0.1) is 0 Å². The molecular weight excluding hydrogens is 92.1 g/mol. The van der Waals surface area contributed by atoms with E-state index >= 15 is 0 Å². The van der Waals surface area contributed by atoms with Gasteiger partial charge in [-0.2, -0.15) is 0 Å². The second kappa shape index (κ2) is 3.64. The monoisotopic (exact) mass is 102 g/mol. The van der Waals surface area contributed by atoms with Crippen LogP contribution in [0.15, 0.2) is 12.8 Å². The summed E-state index contributed by atoms with van der Waals surface area (Å²) in [7, 11) is 0. The molecule has 0 fully saturated rings. The summed E-state index contributed by atoms with van der Waals surface area (Å²) in [6.07, 6.45) is 0.921. The Hall–Kier alpha value is -0.540. The average Bonchev–Trinajstić information content (AvgIpc) is 1.61. The standard InChI is InChI=1S/C4H10N2O/c1-3-5-6-4(2)7/h3-7H,1H2,2H3. The molecule has 0 saturated carbocycles. The Balaban J connectivity index is 2.81. The largest absolute Gasteiger partial charge is 0.377 e. The normalized spacial score (nSPS) is 12.9. The summed E-state index contributed by atoms with van der Waals surface area (Å²) >= 11 is 0. The summed E-state index contributed by atoms with van der Waals surface area (Å²) in [6.45, 7) is 4.96. The van der Waals surface area contributed by atoms with E-state index in [2.05, 4.69) is 17.4 Å². The molecule has 0 aromatic rings. The quantitative estimate of drug-likeness (QED) is 0.334. The lowest BCUT2D eigenvalue weighted by atomic mass is 10.7. The first-order valence-corrected chi connectivity index (χ1v) is 2.07. The minimum absolute atomic E-state index is 0.530. The van der Waals surface area contributed by atoms with E-state index in [9.17, 15) is 0 Å². The number of hydrogen-bond acceptors (Lipinski definition) is 3. The third-order valence-electron chi connectivity index (χ3n) is 0.394. The fourth-order valence-corrected chi connectivity index (χ4v) is 0.180. The SMILES string of the molecule is C=CNNC(C)O. The maximum Gasteiger partial charge on any atom is 0.118 e. The Morgan fingerprint density at radius 2 is 2.43 bits per heavy atom. The molecule has 0 aliphatic rings. The maximum absolute atomic E-state index is 8.46. The van der Waals surface area contributed by atoms with Gasteiger partial charge in [0.25, 0.3) is 0 Å². The van der Waals surface area contributed by atoms with Gasteiger partial charge in [0, 0.05) is 6.20 Å². The van der Waals surface area contributed by atoms with Crippen molar-refractivity contribution in [1.82, 2.24) is 10.9 Å². The molecule has 3 nitrogen and oxygen atoms in total. The Morgan fingerprint density at radius 1 is 1.86 bits per heavy atom. The smallest absolute Gasteiger partial charge is 0.118 e. The first-order valence-electron chi connectivity index (χ1n) is 2.07. The molecule has 0 radical (unpaired) electrons. The van der Waals surface area contributed by atoms with E-state index in [1.165, 1.54) is 6.20 Å². The van der Waals surface area contributed by atoms with Crippen LogP contribution in [0, 0.1) is 0 Å². The second-order valence-corrected chi connectivity index (χ2v) is 1.17. The molecule has 0 amide bonds. The molecule has 0 rings (SSSR count). The highest BCUT2D eigenvalue weighted by molar-refractivity contribution is 4.57. The number of aliphatic hydroxyl groups excluding tert-OH is 1. The highest BCUT2D eigenvalue weighted by atomic mass is 16.3. The molecule has 0 saturated heterocycles. The Kier molecular flexibility index (Phi) is 3.36. The van der Waals surface area contributed by atoms with Gasteiger partial charge in [-0.3, -0.25) is 0 Å². The van der Waals surface area contributed by atoms with Crippen LogP contribution in [-0.2, 0) is 0 Å². The molecule has 0 aromatic carbocycles. The summed E-state index contributed by atoms with van der Waals surface area (Å²) < 4.78 is 0. The fourth-order valence-electron chi connectivity index (χ4n) is 0.180. The van der Waals surface area contributed by atoms with Gasteiger partial charge in [0.15, 0.2) is 0 Å². The van der Waals surface area contributed by atoms with Crippen LogP contribution in [0.2, 0.25) is 0 Å². The van der Waals surface area contributed by atoms with Crippen molar-refractivity contribution in [3.8, 4) is 0 Å². The molecule has 0 heterocycles. The van der Waals surface area contributed by atoms with Gasteiger partial charge in [0.05, 0.1) is 0 Å². The number of aliphatic hydroxyl groups is 1. The molecule has 3 N–H and O–H groups in total. The maximum atomic E-state index is 8.46. The average molecular weight is 102 g/mol. The van der Waals surface area contributed by atoms with Crippen LogP contribution in [0.4, 0.5) is 0 Å². The van der Waals surface area contributed by atoms with E-state index in [1.54, 1.807) is 6.92 Å². The molecule has 1 atom stereocenters. The van der Waals surface area contributed by atoms with Crippen LogP contribution in [0.3, 0.4) is 0 Å². The van der Waals surface area contributed by atoms with Crippen molar-refractivity contribution in [3.63, 3.8) is 0 Å². The number of nitrogens with one attached hydrogen (secondary N) is 2. The molecule has 0 aromatic heterocycles. The summed E-state index contributed by atoms with van der Waals surface area (Å²) in [5, 5.41) is 8.46. The lowest BCUT2D eigenvalue weighted by molar-refractivity contribution is 0.145. The molecule has 0 aliphatic carbocycles. The van der Waals surface area contributed by atoms with Gasteiger partial charge in [-0.1, -0.05) is 6.58 Å².